The van der Waals surface area contributed by atoms with Crippen molar-refractivity contribution in [3.8, 4) is 0 Å². The maximum atomic E-state index is 5.35. The first-order valence-electron chi connectivity index (χ1n) is 7.26. The van der Waals surface area contributed by atoms with Crippen LogP contribution in [0, 0.1) is 6.92 Å². The number of anilines is 1. The van der Waals surface area contributed by atoms with E-state index in [1.54, 1.807) is 0 Å². The molecule has 2 heterocycles. The molecule has 0 spiro atoms. The Hall–Kier alpha value is -0.680. The molecule has 1 aliphatic heterocycles. The highest BCUT2D eigenvalue weighted by atomic mass is 32.2. The van der Waals surface area contributed by atoms with Gasteiger partial charge in [0.15, 0.2) is 0 Å². The van der Waals surface area contributed by atoms with E-state index >= 15 is 0 Å². The minimum atomic E-state index is 0.606. The predicted octanol–water partition coefficient (Wildman–Crippen LogP) is 3.10. The summed E-state index contributed by atoms with van der Waals surface area (Å²) in [5.41, 5.74) is 1.10. The van der Waals surface area contributed by atoms with Crippen molar-refractivity contribution in [1.82, 2.24) is 9.55 Å². The molecule has 0 saturated carbocycles. The van der Waals surface area contributed by atoms with Crippen LogP contribution < -0.4 is 5.32 Å². The number of nitrogens with zero attached hydrogens (tertiary/aromatic N) is 2. The molecule has 1 aliphatic rings. The number of aromatic nitrogens is 2. The lowest BCUT2D eigenvalue weighted by atomic mass is 10.2. The van der Waals surface area contributed by atoms with Gasteiger partial charge in [-0.15, -0.1) is 0 Å². The third kappa shape index (κ3) is 4.42. The number of ether oxygens (including phenoxy) is 1. The van der Waals surface area contributed by atoms with E-state index in [9.17, 15) is 0 Å². The van der Waals surface area contributed by atoms with E-state index in [0.717, 1.165) is 37.8 Å². The fraction of sp³-hybridized carbons (Fsp3) is 0.786. The van der Waals surface area contributed by atoms with Gasteiger partial charge in [0.05, 0.1) is 5.69 Å². The van der Waals surface area contributed by atoms with Gasteiger partial charge in [-0.05, 0) is 38.9 Å². The Morgan fingerprint density at radius 3 is 3.21 bits per heavy atom. The number of hydrogen-bond donors (Lipinski definition) is 1. The van der Waals surface area contributed by atoms with Crippen LogP contribution in [0.5, 0.6) is 0 Å². The maximum Gasteiger partial charge on any atom is 0.203 e. The molecule has 0 aromatic carbocycles. The molecule has 1 fully saturated rings. The van der Waals surface area contributed by atoms with Crippen LogP contribution in [0.15, 0.2) is 6.20 Å². The van der Waals surface area contributed by atoms with Crippen LogP contribution in [-0.2, 0) is 4.74 Å². The highest BCUT2D eigenvalue weighted by Crippen LogP contribution is 2.29. The molecule has 19 heavy (non-hydrogen) atoms. The van der Waals surface area contributed by atoms with Gasteiger partial charge in [0, 0.05) is 37.8 Å². The molecule has 1 unspecified atom stereocenters. The molecular weight excluding hydrogens is 258 g/mol. The number of nitrogens with one attached hydrogen (secondary N) is 1. The highest BCUT2D eigenvalue weighted by molar-refractivity contribution is 7.99. The zero-order valence-corrected chi connectivity index (χ0v) is 12.8. The minimum Gasteiger partial charge on any atom is -0.382 e. The summed E-state index contributed by atoms with van der Waals surface area (Å²) in [7, 11) is 0. The Kier molecular flexibility index (Phi) is 6.04. The van der Waals surface area contributed by atoms with Crippen LogP contribution in [0.25, 0.3) is 0 Å². The van der Waals surface area contributed by atoms with Crippen molar-refractivity contribution >= 4 is 17.7 Å². The van der Waals surface area contributed by atoms with Gasteiger partial charge in [-0.1, -0.05) is 0 Å². The Morgan fingerprint density at radius 2 is 2.47 bits per heavy atom. The van der Waals surface area contributed by atoms with Gasteiger partial charge in [-0.2, -0.15) is 11.8 Å². The molecule has 1 saturated heterocycles. The van der Waals surface area contributed by atoms with Crippen molar-refractivity contribution in [2.24, 2.45) is 0 Å². The lowest BCUT2D eigenvalue weighted by Gasteiger charge is -2.24. The van der Waals surface area contributed by atoms with Crippen LogP contribution in [0.4, 0.5) is 5.95 Å². The lowest BCUT2D eigenvalue weighted by Crippen LogP contribution is -2.19. The van der Waals surface area contributed by atoms with Crippen LogP contribution in [0.1, 0.15) is 37.9 Å². The largest absolute Gasteiger partial charge is 0.382 e. The molecule has 108 valence electrons. The summed E-state index contributed by atoms with van der Waals surface area (Å²) in [4.78, 5) is 4.61. The van der Waals surface area contributed by atoms with Crippen molar-refractivity contribution in [3.05, 3.63) is 11.9 Å². The van der Waals surface area contributed by atoms with E-state index in [4.69, 9.17) is 4.74 Å². The summed E-state index contributed by atoms with van der Waals surface area (Å²) in [5, 5.41) is 3.45. The van der Waals surface area contributed by atoms with Gasteiger partial charge in [0.25, 0.3) is 0 Å². The van der Waals surface area contributed by atoms with Gasteiger partial charge in [-0.3, -0.25) is 0 Å². The lowest BCUT2D eigenvalue weighted by molar-refractivity contribution is 0.147. The number of aryl methyl sites for hydroxylation is 1. The number of thioether (sulfide) groups is 1. The van der Waals surface area contributed by atoms with E-state index in [0.29, 0.717) is 6.04 Å². The van der Waals surface area contributed by atoms with E-state index < -0.39 is 0 Å². The third-order valence-electron chi connectivity index (χ3n) is 3.34. The molecule has 1 aromatic heterocycles. The quantitative estimate of drug-likeness (QED) is 0.781. The van der Waals surface area contributed by atoms with Crippen LogP contribution in [0.2, 0.25) is 0 Å². The Labute approximate surface area is 120 Å². The third-order valence-corrected chi connectivity index (χ3v) is 4.53. The topological polar surface area (TPSA) is 39.1 Å². The van der Waals surface area contributed by atoms with Crippen LogP contribution in [0.3, 0.4) is 0 Å². The first-order chi connectivity index (χ1) is 9.31. The average Bonchev–Trinajstić information content (AvgIpc) is 2.81. The van der Waals surface area contributed by atoms with Gasteiger partial charge in [0.1, 0.15) is 0 Å². The second-order valence-corrected chi connectivity index (χ2v) is 6.11. The molecule has 0 aliphatic carbocycles. The summed E-state index contributed by atoms with van der Waals surface area (Å²) >= 11 is 2.05. The molecule has 0 radical (unpaired) electrons. The van der Waals surface area contributed by atoms with Crippen molar-refractivity contribution in [3.63, 3.8) is 0 Å². The smallest absolute Gasteiger partial charge is 0.203 e. The zero-order chi connectivity index (χ0) is 13.5. The summed E-state index contributed by atoms with van der Waals surface area (Å²) in [6.07, 6.45) is 5.80. The summed E-state index contributed by atoms with van der Waals surface area (Å²) in [6, 6.07) is 0.606. The van der Waals surface area contributed by atoms with Crippen LogP contribution >= 0.6 is 11.8 Å². The van der Waals surface area contributed by atoms with Crippen molar-refractivity contribution in [2.75, 3.05) is 36.6 Å². The number of rotatable bonds is 7. The monoisotopic (exact) mass is 283 g/mol. The fourth-order valence-electron chi connectivity index (χ4n) is 2.39. The van der Waals surface area contributed by atoms with Gasteiger partial charge in [0.2, 0.25) is 5.95 Å². The molecule has 4 nitrogen and oxygen atoms in total. The Morgan fingerprint density at radius 1 is 1.58 bits per heavy atom. The van der Waals surface area contributed by atoms with Crippen LogP contribution in [-0.4, -0.2) is 40.8 Å². The second kappa shape index (κ2) is 7.80. The highest BCUT2D eigenvalue weighted by Gasteiger charge is 2.18. The first-order valence-corrected chi connectivity index (χ1v) is 8.41. The molecule has 0 amide bonds. The molecule has 0 bridgehead atoms. The van der Waals surface area contributed by atoms with Crippen molar-refractivity contribution < 1.29 is 4.74 Å². The predicted molar refractivity (Wildman–Crippen MR) is 82.2 cm³/mol. The molecule has 2 rings (SSSR count). The normalized spacial score (nSPS) is 19.6. The van der Waals surface area contributed by atoms with E-state index in [1.807, 2.05) is 6.92 Å². The minimum absolute atomic E-state index is 0.606. The summed E-state index contributed by atoms with van der Waals surface area (Å²) in [6.45, 7) is 6.65. The summed E-state index contributed by atoms with van der Waals surface area (Å²) < 4.78 is 7.69. The summed E-state index contributed by atoms with van der Waals surface area (Å²) in [5.74, 6) is 3.55. The average molecular weight is 283 g/mol. The first kappa shape index (κ1) is 14.7. The SMILES string of the molecule is CCOCCCNc1nc(C)cn1C1CCCSC1. The Bertz CT molecular complexity index is 375. The molecule has 1 N–H and O–H groups in total. The molecule has 5 heteroatoms. The maximum absolute atomic E-state index is 5.35. The second-order valence-electron chi connectivity index (χ2n) is 4.96. The molecular formula is C14H25N3OS. The van der Waals surface area contributed by atoms with Gasteiger partial charge < -0.3 is 14.6 Å². The van der Waals surface area contributed by atoms with Crippen molar-refractivity contribution in [2.45, 2.75) is 39.2 Å². The zero-order valence-electron chi connectivity index (χ0n) is 12.0. The van der Waals surface area contributed by atoms with E-state index in [1.165, 1.54) is 24.3 Å². The van der Waals surface area contributed by atoms with Gasteiger partial charge in [-0.25, -0.2) is 4.98 Å². The van der Waals surface area contributed by atoms with Crippen molar-refractivity contribution in [1.29, 1.82) is 0 Å². The molecule has 1 atom stereocenters. The standard InChI is InChI=1S/C14H25N3OS/c1-3-18-8-5-7-15-14-16-12(2)10-17(14)13-6-4-9-19-11-13/h10,13H,3-9,11H2,1-2H3,(H,15,16). The fourth-order valence-corrected chi connectivity index (χ4v) is 3.52. The van der Waals surface area contributed by atoms with E-state index in [2.05, 4.69) is 39.8 Å². The van der Waals surface area contributed by atoms with Gasteiger partial charge >= 0.3 is 0 Å². The van der Waals surface area contributed by atoms with E-state index in [-0.39, 0.29) is 0 Å². The Balaban J connectivity index is 1.88. The molecule has 1 aromatic rings. The number of hydrogen-bond acceptors (Lipinski definition) is 4. The number of imidazole rings is 1.